The minimum Gasteiger partial charge on any atom is -0.467 e. The first kappa shape index (κ1) is 17.0. The Labute approximate surface area is 125 Å². The number of ether oxygens (including phenoxy) is 1. The topological polar surface area (TPSA) is 68.7 Å². The van der Waals surface area contributed by atoms with Crippen molar-refractivity contribution in [3.8, 4) is 0 Å². The van der Waals surface area contributed by atoms with Gasteiger partial charge in [-0.2, -0.15) is 0 Å². The van der Waals surface area contributed by atoms with Crippen molar-refractivity contribution < 1.29 is 13.9 Å². The van der Waals surface area contributed by atoms with Crippen molar-refractivity contribution in [2.24, 2.45) is 11.1 Å². The molecule has 0 amide bonds. The average molecular weight is 303 g/mol. The molecule has 20 heavy (non-hydrogen) atoms. The first-order chi connectivity index (χ1) is 8.92. The third-order valence-electron chi connectivity index (χ3n) is 3.85. The van der Waals surface area contributed by atoms with E-state index in [2.05, 4.69) is 23.5 Å². The molecule has 0 saturated carbocycles. The SMILES string of the molecule is COC(=O)c1coc(CN2CCC(N)C(C)(C)C2)c1.Cl. The van der Waals surface area contributed by atoms with E-state index in [0.717, 1.165) is 25.3 Å². The fourth-order valence-electron chi connectivity index (χ4n) is 2.53. The molecular formula is C14H23ClN2O3. The zero-order valence-electron chi connectivity index (χ0n) is 12.2. The molecule has 1 aliphatic rings. The predicted molar refractivity (Wildman–Crippen MR) is 78.9 cm³/mol. The number of carbonyl (C=O) groups excluding carboxylic acids is 1. The summed E-state index contributed by atoms with van der Waals surface area (Å²) in [6.45, 7) is 6.96. The lowest BCUT2D eigenvalue weighted by Crippen LogP contribution is -2.51. The normalized spacial score (nSPS) is 22.1. The molecule has 1 atom stereocenters. The fraction of sp³-hybridized carbons (Fsp3) is 0.643. The van der Waals surface area contributed by atoms with E-state index in [1.54, 1.807) is 6.07 Å². The first-order valence-electron chi connectivity index (χ1n) is 6.56. The summed E-state index contributed by atoms with van der Waals surface area (Å²) >= 11 is 0. The number of nitrogens with two attached hydrogens (primary N) is 1. The van der Waals surface area contributed by atoms with E-state index < -0.39 is 0 Å². The Morgan fingerprint density at radius 1 is 1.60 bits per heavy atom. The van der Waals surface area contributed by atoms with Gasteiger partial charge in [0.2, 0.25) is 0 Å². The van der Waals surface area contributed by atoms with E-state index in [0.29, 0.717) is 12.1 Å². The average Bonchev–Trinajstić information content (AvgIpc) is 2.81. The fourth-order valence-corrected chi connectivity index (χ4v) is 2.53. The maximum atomic E-state index is 11.4. The molecule has 2 N–H and O–H groups in total. The number of nitrogens with zero attached hydrogens (tertiary/aromatic N) is 1. The van der Waals surface area contributed by atoms with Crippen LogP contribution in [0.2, 0.25) is 0 Å². The van der Waals surface area contributed by atoms with Crippen LogP contribution in [0.3, 0.4) is 0 Å². The zero-order valence-corrected chi connectivity index (χ0v) is 13.0. The number of piperidine rings is 1. The van der Waals surface area contributed by atoms with Crippen molar-refractivity contribution in [3.05, 3.63) is 23.7 Å². The van der Waals surface area contributed by atoms with E-state index in [9.17, 15) is 4.79 Å². The van der Waals surface area contributed by atoms with Gasteiger partial charge in [-0.1, -0.05) is 13.8 Å². The Kier molecular flexibility index (Phi) is 5.62. The third-order valence-corrected chi connectivity index (χ3v) is 3.85. The molecule has 2 heterocycles. The number of furan rings is 1. The highest BCUT2D eigenvalue weighted by Gasteiger charge is 2.33. The summed E-state index contributed by atoms with van der Waals surface area (Å²) in [5.74, 6) is 0.419. The minimum absolute atomic E-state index is 0. The molecular weight excluding hydrogens is 280 g/mol. The third kappa shape index (κ3) is 3.75. The number of hydrogen-bond acceptors (Lipinski definition) is 5. The van der Waals surface area contributed by atoms with Crippen LogP contribution in [0.4, 0.5) is 0 Å². The molecule has 0 aromatic carbocycles. The van der Waals surface area contributed by atoms with Gasteiger partial charge in [-0.3, -0.25) is 4.90 Å². The van der Waals surface area contributed by atoms with Gasteiger partial charge in [-0.15, -0.1) is 12.4 Å². The Morgan fingerprint density at radius 3 is 2.90 bits per heavy atom. The highest BCUT2D eigenvalue weighted by atomic mass is 35.5. The second kappa shape index (κ2) is 6.61. The Morgan fingerprint density at radius 2 is 2.30 bits per heavy atom. The summed E-state index contributed by atoms with van der Waals surface area (Å²) in [6, 6.07) is 1.99. The van der Waals surface area contributed by atoms with Crippen molar-refractivity contribution in [2.45, 2.75) is 32.9 Å². The van der Waals surface area contributed by atoms with Crippen LogP contribution in [0.5, 0.6) is 0 Å². The van der Waals surface area contributed by atoms with Crippen molar-refractivity contribution in [3.63, 3.8) is 0 Å². The number of methoxy groups -OCH3 is 1. The van der Waals surface area contributed by atoms with Crippen molar-refractivity contribution in [2.75, 3.05) is 20.2 Å². The molecule has 114 valence electrons. The predicted octanol–water partition coefficient (Wildman–Crippen LogP) is 2.05. The molecule has 1 aliphatic heterocycles. The molecule has 0 spiro atoms. The lowest BCUT2D eigenvalue weighted by Gasteiger charge is -2.42. The molecule has 1 aromatic heterocycles. The number of carbonyl (C=O) groups is 1. The van der Waals surface area contributed by atoms with Gasteiger partial charge in [0.25, 0.3) is 0 Å². The van der Waals surface area contributed by atoms with E-state index in [1.807, 2.05) is 0 Å². The molecule has 0 radical (unpaired) electrons. The molecule has 2 rings (SSSR count). The second-order valence-electron chi connectivity index (χ2n) is 5.89. The molecule has 0 bridgehead atoms. The van der Waals surface area contributed by atoms with Crippen molar-refractivity contribution in [1.82, 2.24) is 4.90 Å². The van der Waals surface area contributed by atoms with Gasteiger partial charge in [0.05, 0.1) is 19.2 Å². The van der Waals surface area contributed by atoms with E-state index in [4.69, 9.17) is 10.2 Å². The first-order valence-corrected chi connectivity index (χ1v) is 6.56. The zero-order chi connectivity index (χ0) is 14.0. The highest BCUT2D eigenvalue weighted by molar-refractivity contribution is 5.88. The van der Waals surface area contributed by atoms with E-state index in [1.165, 1.54) is 13.4 Å². The number of rotatable bonds is 3. The maximum Gasteiger partial charge on any atom is 0.341 e. The van der Waals surface area contributed by atoms with Crippen LogP contribution in [0.25, 0.3) is 0 Å². The lowest BCUT2D eigenvalue weighted by molar-refractivity contribution is 0.0600. The number of esters is 1. The summed E-state index contributed by atoms with van der Waals surface area (Å²) in [7, 11) is 1.36. The van der Waals surface area contributed by atoms with Crippen molar-refractivity contribution in [1.29, 1.82) is 0 Å². The Balaban J connectivity index is 0.00000200. The largest absolute Gasteiger partial charge is 0.467 e. The Hall–Kier alpha value is -1.04. The number of halogens is 1. The van der Waals surface area contributed by atoms with Gasteiger partial charge in [0, 0.05) is 19.1 Å². The minimum atomic E-state index is -0.365. The maximum absolute atomic E-state index is 11.4. The van der Waals surface area contributed by atoms with Crippen molar-refractivity contribution >= 4 is 18.4 Å². The standard InChI is InChI=1S/C14H22N2O3.ClH/c1-14(2)9-16(5-4-12(14)15)7-11-6-10(8-19-11)13(17)18-3;/h6,8,12H,4-5,7,9,15H2,1-3H3;1H. The number of hydrogen-bond donors (Lipinski definition) is 1. The van der Waals surface area contributed by atoms with Crippen LogP contribution in [0.1, 0.15) is 36.4 Å². The highest BCUT2D eigenvalue weighted by Crippen LogP contribution is 2.28. The molecule has 0 aliphatic carbocycles. The van der Waals surface area contributed by atoms with Crippen LogP contribution in [0.15, 0.2) is 16.7 Å². The molecule has 1 fully saturated rings. The van der Waals surface area contributed by atoms with Gasteiger partial charge < -0.3 is 14.9 Å². The van der Waals surface area contributed by atoms with Crippen LogP contribution in [0, 0.1) is 5.41 Å². The van der Waals surface area contributed by atoms with Gasteiger partial charge in [-0.25, -0.2) is 4.79 Å². The Bertz CT molecular complexity index is 459. The van der Waals surface area contributed by atoms with Crippen LogP contribution >= 0.6 is 12.4 Å². The summed E-state index contributed by atoms with van der Waals surface area (Å²) in [5, 5.41) is 0. The van der Waals surface area contributed by atoms with Gasteiger partial charge >= 0.3 is 5.97 Å². The van der Waals surface area contributed by atoms with E-state index >= 15 is 0 Å². The summed E-state index contributed by atoms with van der Waals surface area (Å²) in [6.07, 6.45) is 2.43. The monoisotopic (exact) mass is 302 g/mol. The molecule has 1 unspecified atom stereocenters. The van der Waals surface area contributed by atoms with Crippen LogP contribution < -0.4 is 5.73 Å². The van der Waals surface area contributed by atoms with Crippen LogP contribution in [-0.2, 0) is 11.3 Å². The molecule has 6 heteroatoms. The summed E-state index contributed by atoms with van der Waals surface area (Å²) in [4.78, 5) is 13.7. The van der Waals surface area contributed by atoms with Gasteiger partial charge in [0.1, 0.15) is 12.0 Å². The quantitative estimate of drug-likeness (QED) is 0.866. The number of likely N-dealkylation sites (tertiary alicyclic amines) is 1. The molecule has 1 saturated heterocycles. The molecule has 1 aromatic rings. The summed E-state index contributed by atoms with van der Waals surface area (Å²) < 4.78 is 10.1. The smallest absolute Gasteiger partial charge is 0.341 e. The van der Waals surface area contributed by atoms with Crippen LogP contribution in [-0.4, -0.2) is 37.1 Å². The second-order valence-corrected chi connectivity index (χ2v) is 5.89. The van der Waals surface area contributed by atoms with Gasteiger partial charge in [-0.05, 0) is 17.9 Å². The van der Waals surface area contributed by atoms with Gasteiger partial charge in [0.15, 0.2) is 0 Å². The van der Waals surface area contributed by atoms with E-state index in [-0.39, 0.29) is 29.8 Å². The molecule has 5 nitrogen and oxygen atoms in total. The lowest BCUT2D eigenvalue weighted by atomic mass is 9.80. The summed E-state index contributed by atoms with van der Waals surface area (Å²) in [5.41, 5.74) is 6.69.